The number of hydrogen-bond acceptors (Lipinski definition) is 3. The van der Waals surface area contributed by atoms with Gasteiger partial charge in [-0.25, -0.2) is 12.8 Å². The molecule has 10 heteroatoms. The van der Waals surface area contributed by atoms with Crippen molar-refractivity contribution in [3.63, 3.8) is 0 Å². The highest BCUT2D eigenvalue weighted by Gasteiger charge is 2.56. The molecule has 0 radical (unpaired) electrons. The second-order valence-corrected chi connectivity index (χ2v) is 15.7. The van der Waals surface area contributed by atoms with Crippen LogP contribution in [0.4, 0.5) is 17.6 Å². The third-order valence-electron chi connectivity index (χ3n) is 11.2. The van der Waals surface area contributed by atoms with Crippen molar-refractivity contribution >= 4 is 21.6 Å². The molecule has 5 rings (SSSR count). The molecule has 4 nitrogen and oxygen atoms in total. The maximum Gasteiger partial charge on any atom is 0.393 e. The first kappa shape index (κ1) is 30.1. The Morgan fingerprint density at radius 3 is 2.26 bits per heavy atom. The summed E-state index contributed by atoms with van der Waals surface area (Å²) in [6, 6.07) is -0.400. The third kappa shape index (κ3) is 5.94. The molecule has 8 atom stereocenters. The summed E-state index contributed by atoms with van der Waals surface area (Å²) >= 11 is 6.61. The molecular weight excluding hydrogens is 552 g/mol. The van der Waals surface area contributed by atoms with E-state index in [4.69, 9.17) is 11.6 Å². The highest BCUT2D eigenvalue weighted by molar-refractivity contribution is 7.89. The van der Waals surface area contributed by atoms with Crippen molar-refractivity contribution in [3.8, 4) is 0 Å². The molecule has 0 aromatic carbocycles. The smallest absolute Gasteiger partial charge is 0.289 e. The fraction of sp³-hybridized carbons (Fsp3) is 0.931. The lowest BCUT2D eigenvalue weighted by Crippen LogP contribution is -2.70. The highest BCUT2D eigenvalue weighted by Crippen LogP contribution is 2.50. The predicted molar refractivity (Wildman–Crippen MR) is 147 cm³/mol. The fourth-order valence-electron chi connectivity index (χ4n) is 9.02. The van der Waals surface area contributed by atoms with E-state index in [1.165, 1.54) is 17.1 Å². The molecule has 1 saturated heterocycles. The summed E-state index contributed by atoms with van der Waals surface area (Å²) < 4.78 is 84.7. The van der Waals surface area contributed by atoms with Gasteiger partial charge in [-0.15, -0.1) is 11.6 Å². The number of sulfonamides is 1. The number of alkyl halides is 5. The predicted octanol–water partition coefficient (Wildman–Crippen LogP) is 6.80. The largest absolute Gasteiger partial charge is 0.393 e. The van der Waals surface area contributed by atoms with E-state index in [0.29, 0.717) is 43.1 Å². The van der Waals surface area contributed by atoms with Crippen molar-refractivity contribution in [2.24, 2.45) is 35.5 Å². The molecule has 0 bridgehead atoms. The van der Waals surface area contributed by atoms with Crippen LogP contribution in [0.3, 0.4) is 0 Å². The number of nitrogens with zero attached hydrogens (tertiary/aromatic N) is 2. The zero-order valence-electron chi connectivity index (χ0n) is 23.0. The second-order valence-electron chi connectivity index (χ2n) is 13.0. The Kier molecular flexibility index (Phi) is 9.32. The Bertz CT molecular complexity index is 971. The van der Waals surface area contributed by atoms with Gasteiger partial charge in [0.15, 0.2) is 0 Å². The van der Waals surface area contributed by atoms with Crippen molar-refractivity contribution in [1.82, 2.24) is 9.21 Å². The summed E-state index contributed by atoms with van der Waals surface area (Å²) in [4.78, 5) is 2.05. The van der Waals surface area contributed by atoms with Gasteiger partial charge in [0.05, 0.1) is 11.2 Å². The number of fused-ring (bicyclic) bond motifs is 1. The standard InChI is InChI=1S/C29H45ClF4N2O2S/c1-19-22(7-6-9-24(19)30)20-11-13-21(14-12-20)28-25(17-31)36-16-5-4-15-35(18-26(28)36)39(37,38)27-10-3-2-8-23(27)29(32,33)34/h4-5,19-28H,2-3,6-18H2,1H3/b5-4-/t19?,20?,21?,22?,23?,24?,25-,26?,27?,28-/m1/s1. The van der Waals surface area contributed by atoms with Gasteiger partial charge < -0.3 is 0 Å². The van der Waals surface area contributed by atoms with Gasteiger partial charge in [0.1, 0.15) is 6.67 Å². The van der Waals surface area contributed by atoms with Gasteiger partial charge >= 0.3 is 6.18 Å². The lowest BCUT2D eigenvalue weighted by atomic mass is 9.61. The number of hydrogen-bond donors (Lipinski definition) is 0. The van der Waals surface area contributed by atoms with Gasteiger partial charge in [0.25, 0.3) is 0 Å². The maximum atomic E-state index is 14.4. The zero-order chi connectivity index (χ0) is 27.9. The van der Waals surface area contributed by atoms with Crippen LogP contribution in [0.15, 0.2) is 12.2 Å². The SMILES string of the molecule is CC1C(Cl)CCCC1C1CCC([C@H]2C3CN(S(=O)(=O)C4CCCCC4C(F)(F)F)C/C=C\CN3[C@@H]2CF)CC1. The summed E-state index contributed by atoms with van der Waals surface area (Å²) in [5.41, 5.74) is 0. The lowest BCUT2D eigenvalue weighted by molar-refractivity contribution is -0.180. The molecule has 2 heterocycles. The van der Waals surface area contributed by atoms with Gasteiger partial charge in [0, 0.05) is 37.1 Å². The van der Waals surface area contributed by atoms with Crippen LogP contribution in [0, 0.1) is 35.5 Å². The van der Waals surface area contributed by atoms with E-state index in [9.17, 15) is 26.0 Å². The number of rotatable bonds is 5. The second kappa shape index (κ2) is 12.1. The zero-order valence-corrected chi connectivity index (χ0v) is 24.6. The van der Waals surface area contributed by atoms with Gasteiger partial charge in [0.2, 0.25) is 10.0 Å². The van der Waals surface area contributed by atoms with E-state index in [-0.39, 0.29) is 49.3 Å². The fourth-order valence-corrected chi connectivity index (χ4v) is 11.6. The molecule has 0 aromatic heterocycles. The minimum absolute atomic E-state index is 0.0365. The monoisotopic (exact) mass is 596 g/mol. The first-order chi connectivity index (χ1) is 18.5. The van der Waals surface area contributed by atoms with Crippen molar-refractivity contribution in [2.75, 3.05) is 26.3 Å². The Hall–Kier alpha value is -0.380. The molecule has 0 N–H and O–H groups in total. The van der Waals surface area contributed by atoms with E-state index in [0.717, 1.165) is 32.1 Å². The molecule has 0 amide bonds. The molecule has 39 heavy (non-hydrogen) atoms. The quantitative estimate of drug-likeness (QED) is 0.199. The summed E-state index contributed by atoms with van der Waals surface area (Å²) in [7, 11) is -4.16. The summed E-state index contributed by atoms with van der Waals surface area (Å²) in [5.74, 6) is 0.328. The molecule has 0 aromatic rings. The van der Waals surface area contributed by atoms with Crippen molar-refractivity contribution in [2.45, 2.75) is 106 Å². The molecule has 4 fully saturated rings. The van der Waals surface area contributed by atoms with E-state index in [1.54, 1.807) is 6.08 Å². The van der Waals surface area contributed by atoms with Crippen molar-refractivity contribution in [1.29, 1.82) is 0 Å². The van der Waals surface area contributed by atoms with Gasteiger partial charge in [-0.2, -0.15) is 17.5 Å². The molecular formula is C29H45ClF4N2O2S. The van der Waals surface area contributed by atoms with Crippen molar-refractivity contribution in [3.05, 3.63) is 12.2 Å². The first-order valence-corrected chi connectivity index (χ1v) is 17.1. The highest BCUT2D eigenvalue weighted by atomic mass is 35.5. The van der Waals surface area contributed by atoms with Crippen molar-refractivity contribution < 1.29 is 26.0 Å². The molecule has 0 spiro atoms. The van der Waals surface area contributed by atoms with Crippen LogP contribution in [0.1, 0.15) is 77.6 Å². The Morgan fingerprint density at radius 2 is 1.56 bits per heavy atom. The van der Waals surface area contributed by atoms with Crippen LogP contribution in [0.2, 0.25) is 0 Å². The van der Waals surface area contributed by atoms with Crippen LogP contribution in [-0.2, 0) is 10.0 Å². The van der Waals surface area contributed by atoms with E-state index < -0.39 is 34.0 Å². The lowest BCUT2D eigenvalue weighted by Gasteiger charge is -2.59. The van der Waals surface area contributed by atoms with Crippen LogP contribution in [0.5, 0.6) is 0 Å². The van der Waals surface area contributed by atoms with Gasteiger partial charge in [-0.05, 0) is 81.0 Å². The Morgan fingerprint density at radius 1 is 0.897 bits per heavy atom. The molecule has 2 aliphatic heterocycles. The number of halogens is 5. The minimum Gasteiger partial charge on any atom is -0.289 e. The Labute approximate surface area is 236 Å². The normalized spacial score (nSPS) is 44.1. The molecule has 6 unspecified atom stereocenters. The van der Waals surface area contributed by atoms with Crippen LogP contribution < -0.4 is 0 Å². The maximum absolute atomic E-state index is 14.4. The average Bonchev–Trinajstić information content (AvgIpc) is 2.89. The van der Waals surface area contributed by atoms with Gasteiger partial charge in [-0.3, -0.25) is 4.90 Å². The van der Waals surface area contributed by atoms with E-state index >= 15 is 0 Å². The topological polar surface area (TPSA) is 40.6 Å². The van der Waals surface area contributed by atoms with Crippen LogP contribution in [0.25, 0.3) is 0 Å². The third-order valence-corrected chi connectivity index (χ3v) is 14.1. The molecule has 3 aliphatic carbocycles. The van der Waals surface area contributed by atoms with E-state index in [2.05, 4.69) is 11.8 Å². The van der Waals surface area contributed by atoms with Crippen LogP contribution in [-0.4, -0.2) is 72.8 Å². The van der Waals surface area contributed by atoms with E-state index in [1.807, 2.05) is 6.08 Å². The van der Waals surface area contributed by atoms with Crippen LogP contribution >= 0.6 is 11.6 Å². The van der Waals surface area contributed by atoms with Gasteiger partial charge in [-0.1, -0.05) is 38.3 Å². The molecule has 5 aliphatic rings. The first-order valence-electron chi connectivity index (χ1n) is 15.2. The summed E-state index contributed by atoms with van der Waals surface area (Å²) in [6.45, 7) is 2.61. The molecule has 224 valence electrons. The summed E-state index contributed by atoms with van der Waals surface area (Å²) in [6.07, 6.45) is 7.58. The summed E-state index contributed by atoms with van der Waals surface area (Å²) in [5, 5.41) is -1.18. The molecule has 3 saturated carbocycles. The Balaban J connectivity index is 1.30. The average molecular weight is 597 g/mol. The minimum atomic E-state index is -4.53.